The third-order valence-corrected chi connectivity index (χ3v) is 4.23. The zero-order valence-corrected chi connectivity index (χ0v) is 13.4. The van der Waals surface area contributed by atoms with E-state index < -0.39 is 0 Å². The Kier molecular flexibility index (Phi) is 5.73. The molecule has 1 amide bonds. The van der Waals surface area contributed by atoms with Gasteiger partial charge in [0.1, 0.15) is 6.33 Å². The summed E-state index contributed by atoms with van der Waals surface area (Å²) in [4.78, 5) is 14.6. The number of carbonyl (C=O) groups is 1. The summed E-state index contributed by atoms with van der Waals surface area (Å²) >= 11 is 0. The molecule has 0 radical (unpaired) electrons. The molecule has 6 heteroatoms. The molecule has 1 saturated heterocycles. The number of hydrogen-bond donors (Lipinski definition) is 1. The van der Waals surface area contributed by atoms with Crippen molar-refractivity contribution in [2.24, 2.45) is 13.0 Å². The van der Waals surface area contributed by atoms with Crippen LogP contribution in [0.2, 0.25) is 0 Å². The van der Waals surface area contributed by atoms with Crippen LogP contribution in [-0.2, 0) is 11.8 Å². The lowest BCUT2D eigenvalue weighted by molar-refractivity contribution is -0.123. The summed E-state index contributed by atoms with van der Waals surface area (Å²) in [7, 11) is 1.89. The summed E-state index contributed by atoms with van der Waals surface area (Å²) in [6.07, 6.45) is 5.75. The molecular formula is C15H27N5O. The quantitative estimate of drug-likeness (QED) is 0.863. The van der Waals surface area contributed by atoms with Crippen LogP contribution < -0.4 is 5.32 Å². The Morgan fingerprint density at radius 2 is 2.19 bits per heavy atom. The Labute approximate surface area is 126 Å². The number of nitrogens with zero attached hydrogens (tertiary/aromatic N) is 4. The van der Waals surface area contributed by atoms with Crippen molar-refractivity contribution in [1.82, 2.24) is 25.0 Å². The highest BCUT2D eigenvalue weighted by Crippen LogP contribution is 2.21. The predicted octanol–water partition coefficient (Wildman–Crippen LogP) is 1.50. The third kappa shape index (κ3) is 4.52. The number of piperidine rings is 1. The molecule has 0 aromatic carbocycles. The van der Waals surface area contributed by atoms with Gasteiger partial charge >= 0.3 is 0 Å². The topological polar surface area (TPSA) is 63.1 Å². The molecule has 0 aliphatic carbocycles. The number of likely N-dealkylation sites (tertiary alicyclic amines) is 1. The van der Waals surface area contributed by atoms with Gasteiger partial charge in [-0.25, -0.2) is 0 Å². The van der Waals surface area contributed by atoms with Crippen LogP contribution in [0.5, 0.6) is 0 Å². The molecule has 0 unspecified atom stereocenters. The second kappa shape index (κ2) is 7.54. The Morgan fingerprint density at radius 3 is 2.76 bits per heavy atom. The smallest absolute Gasteiger partial charge is 0.220 e. The first kappa shape index (κ1) is 15.9. The fourth-order valence-corrected chi connectivity index (χ4v) is 3.04. The van der Waals surface area contributed by atoms with E-state index in [0.29, 0.717) is 12.3 Å². The first-order valence-corrected chi connectivity index (χ1v) is 7.95. The van der Waals surface area contributed by atoms with Gasteiger partial charge in [-0.3, -0.25) is 4.79 Å². The average molecular weight is 293 g/mol. The lowest BCUT2D eigenvalue weighted by atomic mass is 9.93. The molecule has 1 aromatic rings. The molecule has 1 N–H and O–H groups in total. The molecule has 6 nitrogen and oxygen atoms in total. The third-order valence-electron chi connectivity index (χ3n) is 4.23. The molecule has 21 heavy (non-hydrogen) atoms. The minimum absolute atomic E-state index is 0.0924. The second-order valence-corrected chi connectivity index (χ2v) is 6.08. The van der Waals surface area contributed by atoms with E-state index in [4.69, 9.17) is 0 Å². The number of hydrogen-bond acceptors (Lipinski definition) is 4. The number of aryl methyl sites for hydroxylation is 1. The van der Waals surface area contributed by atoms with Crippen LogP contribution in [0.25, 0.3) is 0 Å². The Morgan fingerprint density at radius 1 is 1.48 bits per heavy atom. The van der Waals surface area contributed by atoms with Crippen LogP contribution in [0.4, 0.5) is 0 Å². The minimum Gasteiger partial charge on any atom is -0.346 e. The van der Waals surface area contributed by atoms with Gasteiger partial charge in [0, 0.05) is 13.5 Å². The van der Waals surface area contributed by atoms with Crippen LogP contribution in [-0.4, -0.2) is 45.2 Å². The predicted molar refractivity (Wildman–Crippen MR) is 81.6 cm³/mol. The molecule has 1 atom stereocenters. The van der Waals surface area contributed by atoms with E-state index in [1.165, 1.54) is 13.0 Å². The molecule has 118 valence electrons. The molecule has 0 spiro atoms. The van der Waals surface area contributed by atoms with Gasteiger partial charge < -0.3 is 14.8 Å². The highest BCUT2D eigenvalue weighted by atomic mass is 16.1. The Balaban J connectivity index is 1.74. The van der Waals surface area contributed by atoms with E-state index in [-0.39, 0.29) is 11.9 Å². The van der Waals surface area contributed by atoms with Crippen molar-refractivity contribution in [1.29, 1.82) is 0 Å². The number of nitrogens with one attached hydrogen (secondary N) is 1. The van der Waals surface area contributed by atoms with Gasteiger partial charge in [-0.2, -0.15) is 0 Å². The van der Waals surface area contributed by atoms with E-state index in [1.54, 1.807) is 6.33 Å². The number of aromatic nitrogens is 3. The van der Waals surface area contributed by atoms with E-state index in [0.717, 1.165) is 31.8 Å². The highest BCUT2D eigenvalue weighted by Gasteiger charge is 2.22. The largest absolute Gasteiger partial charge is 0.346 e. The first-order chi connectivity index (χ1) is 10.1. The van der Waals surface area contributed by atoms with Crippen molar-refractivity contribution in [3.63, 3.8) is 0 Å². The Bertz CT molecular complexity index is 451. The molecule has 1 fully saturated rings. The van der Waals surface area contributed by atoms with Gasteiger partial charge in [-0.1, -0.05) is 6.92 Å². The molecule has 2 heterocycles. The van der Waals surface area contributed by atoms with Gasteiger partial charge in [0.25, 0.3) is 0 Å². The summed E-state index contributed by atoms with van der Waals surface area (Å²) in [6, 6.07) is -0.0924. The SMILES string of the molecule is CCCN1CCC(CC(=O)N[C@H](C)c2nncn2C)CC1. The van der Waals surface area contributed by atoms with Crippen LogP contribution in [0.3, 0.4) is 0 Å². The molecule has 1 aliphatic heterocycles. The van der Waals surface area contributed by atoms with E-state index in [9.17, 15) is 4.79 Å². The van der Waals surface area contributed by atoms with E-state index >= 15 is 0 Å². The lowest BCUT2D eigenvalue weighted by Gasteiger charge is -2.31. The zero-order valence-electron chi connectivity index (χ0n) is 13.4. The highest BCUT2D eigenvalue weighted by molar-refractivity contribution is 5.76. The Hall–Kier alpha value is -1.43. The van der Waals surface area contributed by atoms with Crippen LogP contribution >= 0.6 is 0 Å². The second-order valence-electron chi connectivity index (χ2n) is 6.08. The monoisotopic (exact) mass is 293 g/mol. The minimum atomic E-state index is -0.0924. The lowest BCUT2D eigenvalue weighted by Crippen LogP contribution is -2.36. The van der Waals surface area contributed by atoms with Gasteiger partial charge in [-0.15, -0.1) is 10.2 Å². The van der Waals surface area contributed by atoms with Crippen molar-refractivity contribution in [3.05, 3.63) is 12.2 Å². The fourth-order valence-electron chi connectivity index (χ4n) is 3.04. The molecule has 0 saturated carbocycles. The number of amides is 1. The maximum absolute atomic E-state index is 12.2. The van der Waals surface area contributed by atoms with Crippen molar-refractivity contribution in [2.75, 3.05) is 19.6 Å². The molecular weight excluding hydrogens is 266 g/mol. The van der Waals surface area contributed by atoms with Gasteiger partial charge in [0.2, 0.25) is 5.91 Å². The maximum atomic E-state index is 12.2. The van der Waals surface area contributed by atoms with Crippen LogP contribution in [0, 0.1) is 5.92 Å². The summed E-state index contributed by atoms with van der Waals surface area (Å²) in [5.74, 6) is 1.44. The normalized spacial score (nSPS) is 18.6. The van der Waals surface area contributed by atoms with Crippen molar-refractivity contribution < 1.29 is 4.79 Å². The van der Waals surface area contributed by atoms with E-state index in [2.05, 4.69) is 27.3 Å². The van der Waals surface area contributed by atoms with Crippen LogP contribution in [0.1, 0.15) is 51.4 Å². The van der Waals surface area contributed by atoms with Gasteiger partial charge in [-0.05, 0) is 51.7 Å². The summed E-state index contributed by atoms with van der Waals surface area (Å²) < 4.78 is 1.84. The van der Waals surface area contributed by atoms with Gasteiger partial charge in [0.15, 0.2) is 5.82 Å². The number of rotatable bonds is 6. The fraction of sp³-hybridized carbons (Fsp3) is 0.800. The summed E-state index contributed by atoms with van der Waals surface area (Å²) in [5.41, 5.74) is 0. The molecule has 0 bridgehead atoms. The van der Waals surface area contributed by atoms with E-state index in [1.807, 2.05) is 18.5 Å². The van der Waals surface area contributed by atoms with Gasteiger partial charge in [0.05, 0.1) is 6.04 Å². The first-order valence-electron chi connectivity index (χ1n) is 7.95. The van der Waals surface area contributed by atoms with Crippen molar-refractivity contribution in [3.8, 4) is 0 Å². The number of carbonyl (C=O) groups excluding carboxylic acids is 1. The van der Waals surface area contributed by atoms with Crippen molar-refractivity contribution >= 4 is 5.91 Å². The average Bonchev–Trinajstić information content (AvgIpc) is 2.87. The molecule has 1 aromatic heterocycles. The standard InChI is InChI=1S/C15H27N5O/c1-4-7-20-8-5-13(6-9-20)10-14(21)17-12(2)15-18-16-11-19(15)3/h11-13H,4-10H2,1-3H3,(H,17,21)/t12-/m1/s1. The molecule has 2 rings (SSSR count). The summed E-state index contributed by atoms with van der Waals surface area (Å²) in [5, 5.41) is 10.9. The maximum Gasteiger partial charge on any atom is 0.220 e. The zero-order chi connectivity index (χ0) is 15.2. The van der Waals surface area contributed by atoms with Crippen LogP contribution in [0.15, 0.2) is 6.33 Å². The van der Waals surface area contributed by atoms with Crippen molar-refractivity contribution in [2.45, 2.75) is 45.6 Å². The molecule has 1 aliphatic rings. The summed E-state index contributed by atoms with van der Waals surface area (Å²) in [6.45, 7) is 7.61.